The molecule has 7 aliphatic heterocycles. The van der Waals surface area contributed by atoms with Gasteiger partial charge >= 0.3 is 171 Å². The van der Waals surface area contributed by atoms with Gasteiger partial charge in [-0.1, -0.05) is 0 Å². The molecule has 7 rings (SSSR count). The number of hydrazine groups is 2. The van der Waals surface area contributed by atoms with Gasteiger partial charge in [-0.05, 0) is 7.05 Å². The number of nitrogens with zero attached hydrogens (tertiary/aromatic N) is 23. The van der Waals surface area contributed by atoms with E-state index in [2.05, 4.69) is 72.3 Å². The van der Waals surface area contributed by atoms with Crippen molar-refractivity contribution in [2.24, 2.45) is 94.8 Å². The maximum absolute atomic E-state index is 13.8. The molecule has 0 spiro atoms. The van der Waals surface area contributed by atoms with E-state index in [0.29, 0.717) is 6.26 Å². The summed E-state index contributed by atoms with van der Waals surface area (Å²) in [6, 6.07) is 0. The zero-order valence-electron chi connectivity index (χ0n) is 52.9. The fraction of sp³-hybridized carbons (Fsp3) is 0.714. The average Bonchev–Trinajstić information content (AvgIpc) is 0.804. The third-order valence-electron chi connectivity index (χ3n) is 8.27. The first-order chi connectivity index (χ1) is 48.5. The molecule has 0 saturated carbocycles. The molecule has 0 aromatic rings. The lowest BCUT2D eigenvalue weighted by Gasteiger charge is -2.23. The van der Waals surface area contributed by atoms with Crippen LogP contribution in [-0.2, 0) is 42.8 Å². The molecule has 0 fully saturated rings. The first kappa shape index (κ1) is 109. The third-order valence-corrected chi connectivity index (χ3v) is 54.3. The molecule has 111 heavy (non-hydrogen) atoms. The SMILES string of the molecule is CC(=O)N(C)P1(F)=NP(F)(F)=NP(F)(F)=N1.CC(=O)N(C)P1(F)=NP(F)(F)=NP(F)(F)=N1.CC(=O)NNP1(F)=NP(F)(F)=NP(F)(F)=N1.CC(=O)NP1(F)=NP(F)(F)=NP(F)(F)=N1.CNNP1(F)=NP(F)(F)=NP(F)(F)=N1.COP(=O)(NP1(F)=NP(F)(F)=NP(F)(F)=N1)OC.CS(=O)(=O)NP1(F)=NP(F)(F)=NP(F)(F)=N1. The minimum atomic E-state index is -5.86. The first-order valence-corrected chi connectivity index (χ1v) is 59.1. The van der Waals surface area contributed by atoms with Gasteiger partial charge in [-0.2, -0.15) is 39.8 Å². The molecule has 4 amide bonds. The Bertz CT molecular complexity index is 5040. The number of carbonyl (C=O) groups excluding carboxylic acids is 4. The summed E-state index contributed by atoms with van der Waals surface area (Å²) in [7, 11) is -120. The van der Waals surface area contributed by atoms with Gasteiger partial charge in [0.15, 0.2) is 0 Å². The summed E-state index contributed by atoms with van der Waals surface area (Å²) in [5.41, 5.74) is 3.47. The maximum atomic E-state index is 13.8. The molecule has 7 atom stereocenters. The number of amides is 4. The van der Waals surface area contributed by atoms with E-state index in [-0.39, 0.29) is 9.34 Å². The molecule has 7 aliphatic rings. The summed E-state index contributed by atoms with van der Waals surface area (Å²) >= 11 is 0. The van der Waals surface area contributed by atoms with Crippen molar-refractivity contribution in [3.8, 4) is 0 Å². The van der Waals surface area contributed by atoms with Crippen molar-refractivity contribution in [3.63, 3.8) is 0 Å². The van der Waals surface area contributed by atoms with Gasteiger partial charge < -0.3 is 0 Å². The summed E-state index contributed by atoms with van der Waals surface area (Å²) < 4.78 is 535. The van der Waals surface area contributed by atoms with Gasteiger partial charge in [0, 0.05) is 56.0 Å². The van der Waals surface area contributed by atoms with Crippen LogP contribution in [0, 0.1) is 0 Å². The van der Waals surface area contributed by atoms with Crippen LogP contribution >= 0.6 is 171 Å². The Kier molecular flexibility index (Phi) is 37.3. The molecular formula is C14H37F35N30O9P22S. The number of rotatable bonds is 13. The van der Waals surface area contributed by atoms with E-state index in [1.54, 1.807) is 15.1 Å². The largest absolute Gasteiger partial charge is 0.424 e. The van der Waals surface area contributed by atoms with E-state index in [4.69, 9.17) is 0 Å². The number of hydrogen-bond donors (Lipinski definition) is 7. The molecule has 7 N–H and O–H groups in total. The highest BCUT2D eigenvalue weighted by Crippen LogP contribution is 2.88. The number of sulfonamides is 1. The van der Waals surface area contributed by atoms with Crippen LogP contribution < -0.4 is 35.7 Å². The van der Waals surface area contributed by atoms with Crippen LogP contribution in [0.15, 0.2) is 94.8 Å². The molecule has 7 unspecified atom stereocenters. The van der Waals surface area contributed by atoms with E-state index >= 15 is 0 Å². The van der Waals surface area contributed by atoms with Crippen molar-refractivity contribution in [3.05, 3.63) is 0 Å². The number of nitrogens with one attached hydrogen (secondary N) is 7. The minimum absolute atomic E-state index is 0.0868. The second-order valence-corrected chi connectivity index (χ2v) is 59.3. The normalized spacial score (nSPS) is 31.3. The molecule has 0 radical (unpaired) electrons. The quantitative estimate of drug-likeness (QED) is 0.0513. The van der Waals surface area contributed by atoms with Gasteiger partial charge in [0.1, 0.15) is 0 Å². The van der Waals surface area contributed by atoms with Crippen LogP contribution in [0.1, 0.15) is 27.7 Å². The Morgan fingerprint density at radius 1 is 0.324 bits per heavy atom. The van der Waals surface area contributed by atoms with Crippen molar-refractivity contribution in [2.75, 3.05) is 41.6 Å². The lowest BCUT2D eigenvalue weighted by Crippen LogP contribution is -2.31. The Morgan fingerprint density at radius 2 is 0.550 bits per heavy atom. The molecule has 97 heteroatoms. The molecule has 0 aromatic carbocycles. The lowest BCUT2D eigenvalue weighted by atomic mass is 10.7. The Balaban J connectivity index is 0.000000648. The van der Waals surface area contributed by atoms with E-state index in [1.165, 1.54) is 15.1 Å². The average molecular weight is 2150 g/mol. The highest BCUT2D eigenvalue weighted by molar-refractivity contribution is 7.96. The number of carbonyl (C=O) groups is 4. The number of hydrogen-bond acceptors (Lipinski definition) is 33. The van der Waals surface area contributed by atoms with Crippen molar-refractivity contribution in [2.45, 2.75) is 27.7 Å². The van der Waals surface area contributed by atoms with Gasteiger partial charge in [0.05, 0.1) is 6.26 Å². The third kappa shape index (κ3) is 40.1. The van der Waals surface area contributed by atoms with Gasteiger partial charge in [0.25, 0.3) is 0 Å². The molecule has 39 nitrogen and oxygen atoms in total. The van der Waals surface area contributed by atoms with Crippen LogP contribution in [0.4, 0.5) is 147 Å². The van der Waals surface area contributed by atoms with Crippen LogP contribution in [-0.4, -0.2) is 83.0 Å². The summed E-state index contributed by atoms with van der Waals surface area (Å²) in [5, 5.41) is 4.20. The van der Waals surface area contributed by atoms with E-state index < -0.39 is 205 Å². The highest BCUT2D eigenvalue weighted by Gasteiger charge is 2.48. The molecule has 0 aliphatic carbocycles. The summed E-state index contributed by atoms with van der Waals surface area (Å²) in [4.78, 5) is 43.6. The van der Waals surface area contributed by atoms with E-state index in [9.17, 15) is 179 Å². The molecule has 658 valence electrons. The number of halogens is 35. The first-order valence-electron chi connectivity index (χ1n) is 24.0. The lowest BCUT2D eigenvalue weighted by molar-refractivity contribution is -0.124. The predicted octanol–water partition coefficient (Wildman–Crippen LogP) is 33.8. The summed E-state index contributed by atoms with van der Waals surface area (Å²) in [6.07, 6.45) is 0.415. The van der Waals surface area contributed by atoms with Crippen LogP contribution in [0.2, 0.25) is 0 Å². The summed E-state index contributed by atoms with van der Waals surface area (Å²) in [5.74, 6) is -3.97. The smallest absolute Gasteiger partial charge is 0.300 e. The van der Waals surface area contributed by atoms with E-state index in [0.717, 1.165) is 67.6 Å². The van der Waals surface area contributed by atoms with Crippen LogP contribution in [0.3, 0.4) is 0 Å². The molecule has 7 heterocycles. The zero-order chi connectivity index (χ0) is 88.2. The second-order valence-electron chi connectivity index (χ2n) is 17.6. The maximum Gasteiger partial charge on any atom is 0.424 e. The molecule has 0 saturated heterocycles. The fourth-order valence-electron chi connectivity index (χ4n) is 5.08. The van der Waals surface area contributed by atoms with Crippen LogP contribution in [0.5, 0.6) is 0 Å². The highest BCUT2D eigenvalue weighted by atomic mass is 32.2. The molecule has 0 bridgehead atoms. The fourth-order valence-corrected chi connectivity index (χ4v) is 48.3. The molecule has 0 aromatic heterocycles. The standard InChI is InChI=1S/2C3H6F5N4OP3.C2H5F5N5OP3.C2H7F5N4O3P4.C2H4F5N4OP3.CH5F5N5P3.CH4F5N4O2P3S/c2*1-3(13)12(2)16(8)10-14(4,5)9-15(6,7)11-16;1-2(13)8-9-16(7)11-14(3,4)10-15(5,6)12-16;1-13-18(12,14-2)11-17(7)9-15(3,4)8-16(5,6)10-17;1-2(12)8-15(7)10-13(3,4)9-14(5,6)11-15;1-7-8-14(6)10-12(2,3)9-13(4,5)11-14;1-16(11,12)10-15(6)8-13(2,3)7-14(4,5)9-15/h2*1-2H3;9H,1H3,(H,8,13);1-2H3,(H,11,12);1H3,(H,8,12);7-8H,1H3;10H,1H3. The predicted molar refractivity (Wildman–Crippen MR) is 358 cm³/mol. The van der Waals surface area contributed by atoms with Crippen LogP contribution in [0.25, 0.3) is 0 Å². The van der Waals surface area contributed by atoms with Gasteiger partial charge in [-0.15, -0.1) is 222 Å². The Morgan fingerprint density at radius 3 is 0.793 bits per heavy atom. The summed E-state index contributed by atoms with van der Waals surface area (Å²) in [6.45, 7) is 3.38. The Labute approximate surface area is 599 Å². The van der Waals surface area contributed by atoms with Crippen molar-refractivity contribution < 1.29 is 188 Å². The topological polar surface area (TPSA) is 488 Å². The minimum Gasteiger partial charge on any atom is -0.300 e. The van der Waals surface area contributed by atoms with E-state index in [1.807, 2.05) is 32.5 Å². The Hall–Kier alpha value is 0.160. The second kappa shape index (κ2) is 37.9. The van der Waals surface area contributed by atoms with Gasteiger partial charge in [-0.25, -0.2) is 13.0 Å². The molecular weight excluding hydrogens is 2110 g/mol. The van der Waals surface area contributed by atoms with Gasteiger partial charge in [-0.3, -0.25) is 53.5 Å². The van der Waals surface area contributed by atoms with Crippen molar-refractivity contribution in [1.82, 2.24) is 45.0 Å². The van der Waals surface area contributed by atoms with Crippen molar-refractivity contribution >= 4 is 205 Å². The zero-order valence-corrected chi connectivity index (χ0v) is 73.4. The monoisotopic (exact) mass is 2150 g/mol. The van der Waals surface area contributed by atoms with Crippen molar-refractivity contribution in [1.29, 1.82) is 0 Å². The van der Waals surface area contributed by atoms with Gasteiger partial charge in [0.2, 0.25) is 33.7 Å².